The molecule has 0 aromatic carbocycles. The van der Waals surface area contributed by atoms with Crippen molar-refractivity contribution in [3.63, 3.8) is 0 Å². The van der Waals surface area contributed by atoms with Crippen molar-refractivity contribution in [2.45, 2.75) is 71.1 Å². The van der Waals surface area contributed by atoms with Gasteiger partial charge < -0.3 is 5.73 Å². The maximum absolute atomic E-state index is 5.42. The average molecular weight is 360 g/mol. The van der Waals surface area contributed by atoms with Crippen molar-refractivity contribution in [1.29, 1.82) is 0 Å². The Morgan fingerprint density at radius 1 is 0.526 bits per heavy atom. The summed E-state index contributed by atoms with van der Waals surface area (Å²) in [7, 11) is 0. The SMILES string of the molecule is CCCCCCCCCCCCN.F.F.F.F.F.[As]. The third-order valence-electron chi connectivity index (χ3n) is 2.56. The van der Waals surface area contributed by atoms with Crippen LogP contribution in [0.25, 0.3) is 0 Å². The van der Waals surface area contributed by atoms with Crippen LogP contribution in [-0.4, -0.2) is 24.5 Å². The van der Waals surface area contributed by atoms with E-state index in [1.54, 1.807) is 0 Å². The second-order valence-electron chi connectivity index (χ2n) is 3.97. The van der Waals surface area contributed by atoms with Gasteiger partial charge in [0.15, 0.2) is 0 Å². The van der Waals surface area contributed by atoms with Crippen molar-refractivity contribution in [3.8, 4) is 0 Å². The van der Waals surface area contributed by atoms with Gasteiger partial charge in [0, 0.05) is 18.0 Å². The zero-order chi connectivity index (χ0) is 9.78. The molecule has 0 aromatic heterocycles. The molecule has 19 heavy (non-hydrogen) atoms. The molecule has 0 fully saturated rings. The van der Waals surface area contributed by atoms with Crippen LogP contribution in [0.4, 0.5) is 23.5 Å². The first kappa shape index (κ1) is 42.7. The number of hydrogen-bond acceptors (Lipinski definition) is 1. The normalized spacial score (nSPS) is 7.26. The average Bonchev–Trinajstić information content (AvgIpc) is 2.16. The molecule has 1 nitrogen and oxygen atoms in total. The van der Waals surface area contributed by atoms with Crippen LogP contribution < -0.4 is 5.73 Å². The second-order valence-corrected chi connectivity index (χ2v) is 3.97. The molecule has 0 saturated carbocycles. The van der Waals surface area contributed by atoms with Crippen molar-refractivity contribution < 1.29 is 23.5 Å². The van der Waals surface area contributed by atoms with E-state index in [0.29, 0.717) is 0 Å². The van der Waals surface area contributed by atoms with Gasteiger partial charge >= 0.3 is 0 Å². The molecule has 0 atom stereocenters. The Bertz CT molecular complexity index is 92.2. The molecule has 0 heterocycles. The number of unbranched alkanes of at least 4 members (excludes halogenated alkanes) is 9. The molecule has 3 radical (unpaired) electrons. The Kier molecular flexibility index (Phi) is 96.6. The van der Waals surface area contributed by atoms with E-state index in [4.69, 9.17) is 5.73 Å². The zero-order valence-corrected chi connectivity index (χ0v) is 13.7. The fourth-order valence-electron chi connectivity index (χ4n) is 1.63. The van der Waals surface area contributed by atoms with Gasteiger partial charge in [0.25, 0.3) is 0 Å². The summed E-state index contributed by atoms with van der Waals surface area (Å²) in [5.41, 5.74) is 5.42. The van der Waals surface area contributed by atoms with Crippen LogP contribution in [0.3, 0.4) is 0 Å². The molecule has 0 aliphatic carbocycles. The quantitative estimate of drug-likeness (QED) is 0.352. The van der Waals surface area contributed by atoms with Gasteiger partial charge in [-0.1, -0.05) is 64.7 Å². The summed E-state index contributed by atoms with van der Waals surface area (Å²) in [6.45, 7) is 3.14. The summed E-state index contributed by atoms with van der Waals surface area (Å²) in [5, 5.41) is 0. The summed E-state index contributed by atoms with van der Waals surface area (Å²) >= 11 is 0. The van der Waals surface area contributed by atoms with Crippen molar-refractivity contribution in [2.24, 2.45) is 5.73 Å². The van der Waals surface area contributed by atoms with Gasteiger partial charge in [0.05, 0.1) is 0 Å². The van der Waals surface area contributed by atoms with Crippen LogP contribution in [0.15, 0.2) is 0 Å². The maximum atomic E-state index is 5.42. The molecule has 0 rings (SSSR count). The van der Waals surface area contributed by atoms with Gasteiger partial charge in [0.1, 0.15) is 0 Å². The van der Waals surface area contributed by atoms with Crippen LogP contribution in [-0.2, 0) is 0 Å². The van der Waals surface area contributed by atoms with E-state index < -0.39 is 0 Å². The molecule has 125 valence electrons. The Morgan fingerprint density at radius 3 is 1.05 bits per heavy atom. The van der Waals surface area contributed by atoms with E-state index in [9.17, 15) is 0 Å². The Hall–Kier alpha value is 0.168. The molecule has 0 aromatic rings. The topological polar surface area (TPSA) is 26.0 Å². The standard InChI is InChI=1S/C12H27N.As.5FH/c1-2-3-4-5-6-7-8-9-10-11-12-13;;;;;;/h2-13H2,1H3;;5*1H. The van der Waals surface area contributed by atoms with Crippen LogP contribution in [0.2, 0.25) is 0 Å². The number of nitrogens with two attached hydrogens (primary N) is 1. The van der Waals surface area contributed by atoms with Crippen molar-refractivity contribution in [1.82, 2.24) is 0 Å². The van der Waals surface area contributed by atoms with E-state index in [0.717, 1.165) is 6.54 Å². The van der Waals surface area contributed by atoms with E-state index in [-0.39, 0.29) is 41.5 Å². The van der Waals surface area contributed by atoms with Crippen LogP contribution in [0.1, 0.15) is 71.1 Å². The number of halogens is 5. The van der Waals surface area contributed by atoms with Gasteiger partial charge in [-0.2, -0.15) is 0 Å². The monoisotopic (exact) mass is 360 g/mol. The summed E-state index contributed by atoms with van der Waals surface area (Å²) in [5.74, 6) is 0. The first-order chi connectivity index (χ1) is 6.41. The van der Waals surface area contributed by atoms with Gasteiger partial charge in [-0.05, 0) is 13.0 Å². The van der Waals surface area contributed by atoms with Gasteiger partial charge in [0.2, 0.25) is 0 Å². The largest absolute Gasteiger partial charge is 0.330 e. The molecular formula is C12H32AsF5N. The number of rotatable bonds is 10. The molecular weight excluding hydrogens is 328 g/mol. The summed E-state index contributed by atoms with van der Waals surface area (Å²) < 4.78 is 0. The Morgan fingerprint density at radius 2 is 0.789 bits per heavy atom. The smallest absolute Gasteiger partial charge is 0 e. The minimum absolute atomic E-state index is 0. The van der Waals surface area contributed by atoms with Crippen LogP contribution >= 0.6 is 0 Å². The first-order valence-electron chi connectivity index (χ1n) is 6.12. The van der Waals surface area contributed by atoms with Crippen molar-refractivity contribution >= 4 is 18.0 Å². The van der Waals surface area contributed by atoms with Crippen molar-refractivity contribution in [3.05, 3.63) is 0 Å². The van der Waals surface area contributed by atoms with Crippen LogP contribution in [0, 0.1) is 0 Å². The summed E-state index contributed by atoms with van der Waals surface area (Å²) in [6.07, 6.45) is 13.9. The predicted molar refractivity (Wildman–Crippen MR) is 79.2 cm³/mol. The molecule has 0 aliphatic rings. The van der Waals surface area contributed by atoms with E-state index in [2.05, 4.69) is 6.92 Å². The van der Waals surface area contributed by atoms with Crippen molar-refractivity contribution in [2.75, 3.05) is 6.54 Å². The molecule has 7 heteroatoms. The van der Waals surface area contributed by atoms with Gasteiger partial charge in [-0.25, -0.2) is 0 Å². The minimum Gasteiger partial charge on any atom is -0.330 e. The third kappa shape index (κ3) is 45.9. The second kappa shape index (κ2) is 42.9. The zero-order valence-electron chi connectivity index (χ0n) is 11.8. The molecule has 0 unspecified atom stereocenters. The van der Waals surface area contributed by atoms with Gasteiger partial charge in [-0.3, -0.25) is 23.5 Å². The Balaban J connectivity index is -0.0000000480. The molecule has 0 spiro atoms. The van der Waals surface area contributed by atoms with E-state index in [1.807, 2.05) is 0 Å². The third-order valence-corrected chi connectivity index (χ3v) is 2.56. The molecule has 0 saturated heterocycles. The van der Waals surface area contributed by atoms with Crippen LogP contribution in [0.5, 0.6) is 0 Å². The Labute approximate surface area is 125 Å². The summed E-state index contributed by atoms with van der Waals surface area (Å²) in [6, 6.07) is 0. The number of hydrogen-bond donors (Lipinski definition) is 1. The van der Waals surface area contributed by atoms with E-state index in [1.165, 1.54) is 64.2 Å². The molecule has 2 N–H and O–H groups in total. The molecule has 0 aliphatic heterocycles. The molecule has 0 bridgehead atoms. The first-order valence-corrected chi connectivity index (χ1v) is 6.12. The maximum Gasteiger partial charge on any atom is 0 e. The predicted octanol–water partition coefficient (Wildman–Crippen LogP) is 4.25. The van der Waals surface area contributed by atoms with E-state index >= 15 is 0 Å². The summed E-state index contributed by atoms with van der Waals surface area (Å²) in [4.78, 5) is 0. The van der Waals surface area contributed by atoms with Gasteiger partial charge in [-0.15, -0.1) is 0 Å². The molecule has 0 amide bonds. The fraction of sp³-hybridized carbons (Fsp3) is 1.00. The minimum atomic E-state index is 0. The fourth-order valence-corrected chi connectivity index (χ4v) is 1.63.